The van der Waals surface area contributed by atoms with E-state index in [0.29, 0.717) is 5.75 Å². The maximum absolute atomic E-state index is 10.7. The summed E-state index contributed by atoms with van der Waals surface area (Å²) < 4.78 is 10.6. The number of methoxy groups -OCH3 is 1. The topological polar surface area (TPSA) is 55.8 Å². The number of carboxylic acids is 1. The first-order valence-electron chi connectivity index (χ1n) is 5.73. The largest absolute Gasteiger partial charge is 0.497 e. The second-order valence-electron chi connectivity index (χ2n) is 4.18. The van der Waals surface area contributed by atoms with Crippen LogP contribution >= 0.6 is 0 Å². The van der Waals surface area contributed by atoms with Crippen LogP contribution < -0.4 is 9.47 Å². The Bertz CT molecular complexity index is 418. The minimum atomic E-state index is -0.947. The highest BCUT2D eigenvalue weighted by Crippen LogP contribution is 2.19. The van der Waals surface area contributed by atoms with Crippen LogP contribution in [0.1, 0.15) is 13.8 Å². The maximum atomic E-state index is 10.7. The Hall–Kier alpha value is -1.97. The quantitative estimate of drug-likeness (QED) is 0.789. The molecule has 1 rings (SSSR count). The number of aliphatic carboxylic acids is 1. The van der Waals surface area contributed by atoms with E-state index in [2.05, 4.69) is 0 Å². The smallest absolute Gasteiger partial charge is 0.328 e. The number of hydrogen-bond acceptors (Lipinski definition) is 3. The van der Waals surface area contributed by atoms with Gasteiger partial charge in [-0.1, -0.05) is 13.8 Å². The minimum absolute atomic E-state index is 0.138. The summed E-state index contributed by atoms with van der Waals surface area (Å²) in [7, 11) is 1.60. The Morgan fingerprint density at radius 2 is 1.83 bits per heavy atom. The zero-order valence-electron chi connectivity index (χ0n) is 10.8. The van der Waals surface area contributed by atoms with Crippen LogP contribution in [0.3, 0.4) is 0 Å². The molecule has 0 bridgehead atoms. The Morgan fingerprint density at radius 1 is 1.28 bits per heavy atom. The summed E-state index contributed by atoms with van der Waals surface area (Å²) in [5.74, 6) is 0.636. The second kappa shape index (κ2) is 6.69. The van der Waals surface area contributed by atoms with E-state index in [1.54, 1.807) is 31.4 Å². The number of carboxylic acid groups (broad SMARTS) is 1. The first-order chi connectivity index (χ1) is 8.52. The summed E-state index contributed by atoms with van der Waals surface area (Å²) in [6, 6.07) is 7.17. The number of carbonyl (C=O) groups is 1. The lowest BCUT2D eigenvalue weighted by atomic mass is 10.0. The highest BCUT2D eigenvalue weighted by Gasteiger charge is 2.07. The van der Waals surface area contributed by atoms with Crippen molar-refractivity contribution in [3.8, 4) is 11.5 Å². The average Bonchev–Trinajstić information content (AvgIpc) is 2.34. The predicted octanol–water partition coefficient (Wildman–Crippen LogP) is 2.74. The van der Waals surface area contributed by atoms with Crippen molar-refractivity contribution in [3.05, 3.63) is 35.9 Å². The van der Waals surface area contributed by atoms with E-state index in [1.807, 2.05) is 13.8 Å². The van der Waals surface area contributed by atoms with E-state index < -0.39 is 5.97 Å². The summed E-state index contributed by atoms with van der Waals surface area (Å²) in [5, 5.41) is 8.75. The van der Waals surface area contributed by atoms with Gasteiger partial charge in [-0.15, -0.1) is 0 Å². The van der Waals surface area contributed by atoms with Crippen LogP contribution in [0.4, 0.5) is 0 Å². The van der Waals surface area contributed by atoms with Crippen LogP contribution in [0, 0.1) is 5.92 Å². The predicted molar refractivity (Wildman–Crippen MR) is 69.0 cm³/mol. The lowest BCUT2D eigenvalue weighted by Gasteiger charge is -2.12. The lowest BCUT2D eigenvalue weighted by molar-refractivity contribution is -0.131. The molecule has 0 radical (unpaired) electrons. The molecule has 0 atom stereocenters. The third kappa shape index (κ3) is 4.49. The standard InChI is InChI=1S/C14H18O4/c1-10(2)11(8-14(15)16)9-18-13-6-4-12(17-3)5-7-13/h4-8,10H,9H2,1-3H3,(H,15,16)/b11-8-. The highest BCUT2D eigenvalue weighted by molar-refractivity contribution is 5.80. The lowest BCUT2D eigenvalue weighted by Crippen LogP contribution is -2.09. The molecule has 0 saturated carbocycles. The monoisotopic (exact) mass is 250 g/mol. The minimum Gasteiger partial charge on any atom is -0.497 e. The van der Waals surface area contributed by atoms with E-state index in [1.165, 1.54) is 6.08 Å². The Kier molecular flexibility index (Phi) is 5.24. The number of rotatable bonds is 6. The Labute approximate surface area is 107 Å². The summed E-state index contributed by atoms with van der Waals surface area (Å²) in [5.41, 5.74) is 0.748. The first-order valence-corrected chi connectivity index (χ1v) is 5.73. The Morgan fingerprint density at radius 3 is 2.28 bits per heavy atom. The molecular weight excluding hydrogens is 232 g/mol. The van der Waals surface area contributed by atoms with Gasteiger partial charge in [-0.2, -0.15) is 0 Å². The molecule has 18 heavy (non-hydrogen) atoms. The molecule has 98 valence electrons. The molecular formula is C14H18O4. The fourth-order valence-electron chi connectivity index (χ4n) is 1.37. The SMILES string of the molecule is COc1ccc(OC/C(=C/C(=O)O)C(C)C)cc1. The van der Waals surface area contributed by atoms with Crippen molar-refractivity contribution in [2.75, 3.05) is 13.7 Å². The molecule has 0 aromatic heterocycles. The van der Waals surface area contributed by atoms with E-state index in [-0.39, 0.29) is 12.5 Å². The summed E-state index contributed by atoms with van der Waals surface area (Å²) in [4.78, 5) is 10.7. The van der Waals surface area contributed by atoms with Gasteiger partial charge < -0.3 is 14.6 Å². The van der Waals surface area contributed by atoms with Crippen LogP contribution in [-0.2, 0) is 4.79 Å². The van der Waals surface area contributed by atoms with Gasteiger partial charge >= 0.3 is 5.97 Å². The van der Waals surface area contributed by atoms with Crippen molar-refractivity contribution < 1.29 is 19.4 Å². The van der Waals surface area contributed by atoms with Gasteiger partial charge in [0.1, 0.15) is 18.1 Å². The molecule has 0 unspecified atom stereocenters. The maximum Gasteiger partial charge on any atom is 0.328 e. The highest BCUT2D eigenvalue weighted by atomic mass is 16.5. The first kappa shape index (κ1) is 14.1. The third-order valence-electron chi connectivity index (χ3n) is 2.52. The number of ether oxygens (including phenoxy) is 2. The number of hydrogen-bond donors (Lipinski definition) is 1. The normalized spacial score (nSPS) is 11.4. The molecule has 1 aromatic carbocycles. The average molecular weight is 250 g/mol. The van der Waals surface area contributed by atoms with E-state index in [4.69, 9.17) is 14.6 Å². The molecule has 1 aromatic rings. The van der Waals surface area contributed by atoms with Crippen molar-refractivity contribution in [2.24, 2.45) is 5.92 Å². The van der Waals surface area contributed by atoms with Gasteiger partial charge in [-0.3, -0.25) is 0 Å². The van der Waals surface area contributed by atoms with Crippen molar-refractivity contribution in [3.63, 3.8) is 0 Å². The summed E-state index contributed by atoms with van der Waals surface area (Å²) >= 11 is 0. The summed E-state index contributed by atoms with van der Waals surface area (Å²) in [6.07, 6.45) is 1.20. The molecule has 4 nitrogen and oxygen atoms in total. The van der Waals surface area contributed by atoms with E-state index in [0.717, 1.165) is 11.3 Å². The van der Waals surface area contributed by atoms with Gasteiger partial charge in [0.25, 0.3) is 0 Å². The van der Waals surface area contributed by atoms with Crippen LogP contribution in [0.25, 0.3) is 0 Å². The van der Waals surface area contributed by atoms with Crippen LogP contribution in [0.15, 0.2) is 35.9 Å². The fraction of sp³-hybridized carbons (Fsp3) is 0.357. The van der Waals surface area contributed by atoms with Gasteiger partial charge in [0.2, 0.25) is 0 Å². The Balaban J connectivity index is 2.64. The van der Waals surface area contributed by atoms with Crippen molar-refractivity contribution in [1.29, 1.82) is 0 Å². The molecule has 0 heterocycles. The van der Waals surface area contributed by atoms with Crippen LogP contribution in [-0.4, -0.2) is 24.8 Å². The molecule has 0 saturated heterocycles. The second-order valence-corrected chi connectivity index (χ2v) is 4.18. The van der Waals surface area contributed by atoms with E-state index in [9.17, 15) is 4.79 Å². The fourth-order valence-corrected chi connectivity index (χ4v) is 1.37. The van der Waals surface area contributed by atoms with Gasteiger partial charge in [-0.05, 0) is 35.8 Å². The molecule has 1 N–H and O–H groups in total. The molecule has 0 spiro atoms. The molecule has 0 fully saturated rings. The zero-order valence-corrected chi connectivity index (χ0v) is 10.8. The van der Waals surface area contributed by atoms with Gasteiger partial charge in [0.15, 0.2) is 0 Å². The van der Waals surface area contributed by atoms with Crippen LogP contribution in [0.5, 0.6) is 11.5 Å². The van der Waals surface area contributed by atoms with Gasteiger partial charge in [0, 0.05) is 6.08 Å². The van der Waals surface area contributed by atoms with E-state index >= 15 is 0 Å². The summed E-state index contributed by atoms with van der Waals surface area (Å²) in [6.45, 7) is 4.15. The van der Waals surface area contributed by atoms with Crippen molar-refractivity contribution >= 4 is 5.97 Å². The molecule has 0 amide bonds. The number of benzene rings is 1. The molecule has 0 aliphatic rings. The van der Waals surface area contributed by atoms with Crippen molar-refractivity contribution in [2.45, 2.75) is 13.8 Å². The van der Waals surface area contributed by atoms with Gasteiger partial charge in [-0.25, -0.2) is 4.79 Å². The van der Waals surface area contributed by atoms with Gasteiger partial charge in [0.05, 0.1) is 7.11 Å². The molecule has 0 aliphatic carbocycles. The van der Waals surface area contributed by atoms with Crippen LogP contribution in [0.2, 0.25) is 0 Å². The molecule has 0 aliphatic heterocycles. The third-order valence-corrected chi connectivity index (χ3v) is 2.52. The molecule has 4 heteroatoms. The zero-order chi connectivity index (χ0) is 13.5. The van der Waals surface area contributed by atoms with Crippen molar-refractivity contribution in [1.82, 2.24) is 0 Å².